The molecule has 0 radical (unpaired) electrons. The number of carboxylic acids is 1. The summed E-state index contributed by atoms with van der Waals surface area (Å²) in [4.78, 5) is 9.97. The first-order valence-corrected chi connectivity index (χ1v) is 6.25. The molecule has 1 aliphatic carbocycles. The third-order valence-corrected chi connectivity index (χ3v) is 3.05. The molecule has 1 fully saturated rings. The van der Waals surface area contributed by atoms with Crippen LogP contribution in [0.4, 0.5) is 0 Å². The molecule has 2 rings (SSSR count). The average Bonchev–Trinajstić information content (AvgIpc) is 3.09. The molecule has 1 aromatic rings. The van der Waals surface area contributed by atoms with Crippen LogP contribution >= 0.6 is 0 Å². The van der Waals surface area contributed by atoms with E-state index in [0.717, 1.165) is 12.8 Å². The van der Waals surface area contributed by atoms with Gasteiger partial charge in [0.15, 0.2) is 0 Å². The number of aliphatic carboxylic acids is 1. The molecule has 0 spiro atoms. The number of aliphatic hydroxyl groups excluding tert-OH is 1. The number of aliphatic hydroxyl groups is 1. The van der Waals surface area contributed by atoms with Crippen molar-refractivity contribution in [2.24, 2.45) is 11.8 Å². The molecule has 0 aliphatic heterocycles. The Bertz CT molecular complexity index is 367. The Hall–Kier alpha value is -1.39. The highest BCUT2D eigenvalue weighted by atomic mass is 16.4. The van der Waals surface area contributed by atoms with Crippen molar-refractivity contribution in [1.29, 1.82) is 0 Å². The molecule has 3 atom stereocenters. The van der Waals surface area contributed by atoms with Gasteiger partial charge in [0.2, 0.25) is 0 Å². The van der Waals surface area contributed by atoms with Gasteiger partial charge in [0.1, 0.15) is 6.04 Å². The number of benzene rings is 1. The second kappa shape index (κ2) is 7.13. The van der Waals surface area contributed by atoms with E-state index in [9.17, 15) is 4.79 Å². The fourth-order valence-corrected chi connectivity index (χ4v) is 1.68. The molecule has 100 valence electrons. The van der Waals surface area contributed by atoms with Crippen molar-refractivity contribution in [3.8, 4) is 0 Å². The Morgan fingerprint density at radius 1 is 1.44 bits per heavy atom. The van der Waals surface area contributed by atoms with Crippen LogP contribution in [0.15, 0.2) is 30.3 Å². The number of hydrogen-bond acceptors (Lipinski definition) is 2. The standard InChI is InChI=1S/C9H13NO.C5H8O2/c10-9(7-11)6-8-4-2-1-3-5-8;1-3-2-4(3)5(6)7/h1-5,9,11H,6-7,10H2;3-4H,2H2,1H3,(H,6,7)/p+1/t9-;3-,4-/m10/s1. The lowest BCUT2D eigenvalue weighted by atomic mass is 10.1. The molecular weight excluding hydrogens is 230 g/mol. The number of carboxylic acid groups (broad SMARTS) is 1. The van der Waals surface area contributed by atoms with Crippen LogP contribution in [0, 0.1) is 11.8 Å². The highest BCUT2D eigenvalue weighted by molar-refractivity contribution is 5.73. The Balaban J connectivity index is 0.000000199. The summed E-state index contributed by atoms with van der Waals surface area (Å²) in [6.45, 7) is 2.12. The van der Waals surface area contributed by atoms with Crippen molar-refractivity contribution < 1.29 is 20.7 Å². The van der Waals surface area contributed by atoms with E-state index >= 15 is 0 Å². The van der Waals surface area contributed by atoms with Crippen LogP contribution < -0.4 is 5.73 Å². The van der Waals surface area contributed by atoms with Crippen molar-refractivity contribution in [3.63, 3.8) is 0 Å². The molecule has 5 N–H and O–H groups in total. The summed E-state index contributed by atoms with van der Waals surface area (Å²) in [7, 11) is 0. The summed E-state index contributed by atoms with van der Waals surface area (Å²) < 4.78 is 0. The first-order valence-electron chi connectivity index (χ1n) is 6.25. The minimum atomic E-state index is -0.632. The second-order valence-corrected chi connectivity index (χ2v) is 4.90. The van der Waals surface area contributed by atoms with Crippen LogP contribution in [0.3, 0.4) is 0 Å². The van der Waals surface area contributed by atoms with Gasteiger partial charge in [0.05, 0.1) is 12.5 Å². The minimum absolute atomic E-state index is 0.0139. The van der Waals surface area contributed by atoms with E-state index < -0.39 is 5.97 Å². The van der Waals surface area contributed by atoms with Crippen LogP contribution in [0.1, 0.15) is 18.9 Å². The fourth-order valence-electron chi connectivity index (χ4n) is 1.68. The smallest absolute Gasteiger partial charge is 0.306 e. The molecule has 4 nitrogen and oxygen atoms in total. The molecule has 1 aliphatic rings. The van der Waals surface area contributed by atoms with Crippen LogP contribution in [0.2, 0.25) is 0 Å². The van der Waals surface area contributed by atoms with Gasteiger partial charge < -0.3 is 15.9 Å². The lowest BCUT2D eigenvalue weighted by Crippen LogP contribution is -2.63. The zero-order valence-electron chi connectivity index (χ0n) is 10.7. The molecule has 0 saturated heterocycles. The highest BCUT2D eigenvalue weighted by Gasteiger charge is 2.38. The van der Waals surface area contributed by atoms with Crippen LogP contribution in [-0.4, -0.2) is 28.8 Å². The summed E-state index contributed by atoms with van der Waals surface area (Å²) in [5, 5.41) is 17.0. The SMILES string of the molecule is C[C@H]1C[C@@H]1C(=O)O.[NH3+][C@@H](CO)Cc1ccccc1. The number of carbonyl (C=O) groups is 1. The number of hydrogen-bond donors (Lipinski definition) is 3. The van der Waals surface area contributed by atoms with E-state index in [0.29, 0.717) is 5.92 Å². The summed E-state index contributed by atoms with van der Waals surface area (Å²) in [5.41, 5.74) is 5.04. The van der Waals surface area contributed by atoms with Gasteiger partial charge in [-0.2, -0.15) is 0 Å². The Labute approximate surface area is 107 Å². The van der Waals surface area contributed by atoms with E-state index in [-0.39, 0.29) is 18.6 Å². The fraction of sp³-hybridized carbons (Fsp3) is 0.500. The lowest BCUT2D eigenvalue weighted by Gasteiger charge is -2.03. The van der Waals surface area contributed by atoms with Gasteiger partial charge >= 0.3 is 5.97 Å². The predicted molar refractivity (Wildman–Crippen MR) is 68.8 cm³/mol. The zero-order valence-corrected chi connectivity index (χ0v) is 10.7. The van der Waals surface area contributed by atoms with Gasteiger partial charge in [0.25, 0.3) is 0 Å². The molecular formula is C14H22NO3+. The summed E-state index contributed by atoms with van der Waals surface area (Å²) >= 11 is 0. The first kappa shape index (κ1) is 14.7. The molecule has 18 heavy (non-hydrogen) atoms. The minimum Gasteiger partial charge on any atom is -0.481 e. The van der Waals surface area contributed by atoms with Crippen LogP contribution in [-0.2, 0) is 11.2 Å². The maximum Gasteiger partial charge on any atom is 0.306 e. The third kappa shape index (κ3) is 5.29. The summed E-state index contributed by atoms with van der Waals surface area (Å²) in [6.07, 6.45) is 1.74. The van der Waals surface area contributed by atoms with E-state index in [1.165, 1.54) is 5.56 Å². The van der Waals surface area contributed by atoms with Crippen molar-refractivity contribution in [3.05, 3.63) is 35.9 Å². The Morgan fingerprint density at radius 3 is 2.33 bits per heavy atom. The quantitative estimate of drug-likeness (QED) is 0.732. The zero-order chi connectivity index (χ0) is 13.5. The highest BCUT2D eigenvalue weighted by Crippen LogP contribution is 2.37. The van der Waals surface area contributed by atoms with Gasteiger partial charge in [-0.3, -0.25) is 4.79 Å². The molecule has 1 aromatic carbocycles. The average molecular weight is 252 g/mol. The molecule has 0 heterocycles. The van der Waals surface area contributed by atoms with Gasteiger partial charge in [-0.15, -0.1) is 0 Å². The molecule has 0 aromatic heterocycles. The van der Waals surface area contributed by atoms with Crippen LogP contribution in [0.25, 0.3) is 0 Å². The number of quaternary nitrogens is 1. The largest absolute Gasteiger partial charge is 0.481 e. The van der Waals surface area contributed by atoms with Gasteiger partial charge in [-0.25, -0.2) is 0 Å². The van der Waals surface area contributed by atoms with E-state index in [2.05, 4.69) is 5.73 Å². The van der Waals surface area contributed by atoms with Gasteiger partial charge in [-0.1, -0.05) is 37.3 Å². The number of rotatable bonds is 4. The van der Waals surface area contributed by atoms with Crippen molar-refractivity contribution >= 4 is 5.97 Å². The normalized spacial score (nSPS) is 22.6. The van der Waals surface area contributed by atoms with Crippen LogP contribution in [0.5, 0.6) is 0 Å². The maximum atomic E-state index is 9.97. The molecule has 0 bridgehead atoms. The molecule has 4 heteroatoms. The summed E-state index contributed by atoms with van der Waals surface area (Å²) in [5.74, 6) is -0.204. The van der Waals surface area contributed by atoms with Crippen molar-refractivity contribution in [2.45, 2.75) is 25.8 Å². The van der Waals surface area contributed by atoms with Crippen molar-refractivity contribution in [1.82, 2.24) is 0 Å². The summed E-state index contributed by atoms with van der Waals surface area (Å²) in [6, 6.07) is 10.2. The second-order valence-electron chi connectivity index (χ2n) is 4.90. The molecule has 1 saturated carbocycles. The Kier molecular flexibility index (Phi) is 5.82. The third-order valence-electron chi connectivity index (χ3n) is 3.05. The predicted octanol–water partition coefficient (Wildman–Crippen LogP) is 0.559. The maximum absolute atomic E-state index is 9.97. The van der Waals surface area contributed by atoms with Crippen molar-refractivity contribution in [2.75, 3.05) is 6.61 Å². The first-order chi connectivity index (χ1) is 8.54. The van der Waals surface area contributed by atoms with E-state index in [1.54, 1.807) is 0 Å². The van der Waals surface area contributed by atoms with E-state index in [4.69, 9.17) is 10.2 Å². The monoisotopic (exact) mass is 252 g/mol. The Morgan fingerprint density at radius 2 is 2.00 bits per heavy atom. The lowest BCUT2D eigenvalue weighted by molar-refractivity contribution is -0.424. The topological polar surface area (TPSA) is 85.2 Å². The molecule has 0 amide bonds. The van der Waals surface area contributed by atoms with Gasteiger partial charge in [0, 0.05) is 6.42 Å². The van der Waals surface area contributed by atoms with E-state index in [1.807, 2.05) is 37.3 Å². The molecule has 0 unspecified atom stereocenters. The van der Waals surface area contributed by atoms with Gasteiger partial charge in [-0.05, 0) is 17.9 Å².